The van der Waals surface area contributed by atoms with Gasteiger partial charge >= 0.3 is 0 Å². The fourth-order valence-electron chi connectivity index (χ4n) is 2.27. The fourth-order valence-corrected chi connectivity index (χ4v) is 2.27. The summed E-state index contributed by atoms with van der Waals surface area (Å²) in [6.07, 6.45) is 5.57. The molecule has 94 valence electrons. The van der Waals surface area contributed by atoms with Gasteiger partial charge in [-0.25, -0.2) is 0 Å². The van der Waals surface area contributed by atoms with Crippen LogP contribution in [-0.2, 0) is 4.74 Å². The Morgan fingerprint density at radius 2 is 2.24 bits per heavy atom. The molecular weight excluding hydrogens is 218 g/mol. The second-order valence-electron chi connectivity index (χ2n) is 4.25. The van der Waals surface area contributed by atoms with Gasteiger partial charge in [-0.1, -0.05) is 0 Å². The lowest BCUT2D eigenvalue weighted by Crippen LogP contribution is -2.36. The average molecular weight is 237 g/mol. The molecule has 1 unspecified atom stereocenters. The van der Waals surface area contributed by atoms with E-state index in [2.05, 4.69) is 10.4 Å². The molecule has 0 aromatic carbocycles. The predicted octanol–water partition coefficient (Wildman–Crippen LogP) is 1.02. The first-order valence-corrected chi connectivity index (χ1v) is 5.88. The van der Waals surface area contributed by atoms with Crippen molar-refractivity contribution < 1.29 is 9.47 Å². The van der Waals surface area contributed by atoms with Crippen LogP contribution in [0.3, 0.4) is 0 Å². The first kappa shape index (κ1) is 12.3. The minimum absolute atomic E-state index is 0.112. The van der Waals surface area contributed by atoms with Crippen molar-refractivity contribution in [3.8, 4) is 5.75 Å². The van der Waals surface area contributed by atoms with Gasteiger partial charge in [0.15, 0.2) is 0 Å². The van der Waals surface area contributed by atoms with Gasteiger partial charge < -0.3 is 9.47 Å². The Morgan fingerprint density at radius 3 is 2.88 bits per heavy atom. The molecule has 5 nitrogen and oxygen atoms in total. The number of hydrogen-bond donors (Lipinski definition) is 2. The molecule has 2 rings (SSSR count). The standard InChI is InChI=1S/C12H19N3O2/c1-16-11-6-10(7-14-8-11)12(15-13)9-2-4-17-5-3-9/h6-9,12,15H,2-5,13H2,1H3. The van der Waals surface area contributed by atoms with Crippen molar-refractivity contribution in [2.75, 3.05) is 20.3 Å². The van der Waals surface area contributed by atoms with E-state index in [-0.39, 0.29) is 6.04 Å². The molecule has 1 fully saturated rings. The van der Waals surface area contributed by atoms with Crippen LogP contribution < -0.4 is 16.0 Å². The van der Waals surface area contributed by atoms with Crippen molar-refractivity contribution >= 4 is 0 Å². The minimum Gasteiger partial charge on any atom is -0.495 e. The van der Waals surface area contributed by atoms with Gasteiger partial charge in [-0.3, -0.25) is 16.3 Å². The molecule has 0 bridgehead atoms. The molecule has 1 aliphatic rings. The Kier molecular flexibility index (Phi) is 4.30. The van der Waals surface area contributed by atoms with Crippen LogP contribution >= 0.6 is 0 Å². The summed E-state index contributed by atoms with van der Waals surface area (Å²) in [5.41, 5.74) is 3.96. The van der Waals surface area contributed by atoms with E-state index in [9.17, 15) is 0 Å². The molecule has 1 atom stereocenters. The van der Waals surface area contributed by atoms with Crippen molar-refractivity contribution in [2.24, 2.45) is 11.8 Å². The van der Waals surface area contributed by atoms with Crippen LogP contribution in [0.25, 0.3) is 0 Å². The third-order valence-electron chi connectivity index (χ3n) is 3.25. The topological polar surface area (TPSA) is 69.4 Å². The van der Waals surface area contributed by atoms with E-state index in [4.69, 9.17) is 15.3 Å². The molecule has 0 aliphatic carbocycles. The van der Waals surface area contributed by atoms with E-state index in [1.807, 2.05) is 12.3 Å². The normalized spacial score (nSPS) is 18.9. The van der Waals surface area contributed by atoms with Crippen molar-refractivity contribution in [3.05, 3.63) is 24.0 Å². The Balaban J connectivity index is 2.15. The lowest BCUT2D eigenvalue weighted by Gasteiger charge is -2.30. The quantitative estimate of drug-likeness (QED) is 0.604. The molecule has 5 heteroatoms. The summed E-state index contributed by atoms with van der Waals surface area (Å²) >= 11 is 0. The molecule has 2 heterocycles. The first-order chi connectivity index (χ1) is 8.35. The molecule has 3 N–H and O–H groups in total. The summed E-state index contributed by atoms with van der Waals surface area (Å²) in [6.45, 7) is 1.61. The number of nitrogens with two attached hydrogens (primary N) is 1. The fraction of sp³-hybridized carbons (Fsp3) is 0.583. The van der Waals surface area contributed by atoms with Gasteiger partial charge in [0.25, 0.3) is 0 Å². The van der Waals surface area contributed by atoms with Gasteiger partial charge in [-0.15, -0.1) is 0 Å². The Labute approximate surface area is 101 Å². The van der Waals surface area contributed by atoms with Crippen molar-refractivity contribution in [1.29, 1.82) is 0 Å². The van der Waals surface area contributed by atoms with E-state index in [0.717, 1.165) is 37.4 Å². The van der Waals surface area contributed by atoms with Crippen LogP contribution in [0.1, 0.15) is 24.4 Å². The Morgan fingerprint density at radius 1 is 1.47 bits per heavy atom. The van der Waals surface area contributed by atoms with Gasteiger partial charge in [-0.05, 0) is 30.4 Å². The smallest absolute Gasteiger partial charge is 0.137 e. The predicted molar refractivity (Wildman–Crippen MR) is 64.4 cm³/mol. The number of rotatable bonds is 4. The van der Waals surface area contributed by atoms with Gasteiger partial charge in [0.05, 0.1) is 19.3 Å². The maximum Gasteiger partial charge on any atom is 0.137 e. The third-order valence-corrected chi connectivity index (χ3v) is 3.25. The van der Waals surface area contributed by atoms with Gasteiger partial charge in [0.1, 0.15) is 5.75 Å². The van der Waals surface area contributed by atoms with E-state index >= 15 is 0 Å². The highest BCUT2D eigenvalue weighted by Gasteiger charge is 2.24. The summed E-state index contributed by atoms with van der Waals surface area (Å²) in [5.74, 6) is 6.92. The van der Waals surface area contributed by atoms with Crippen LogP contribution in [0, 0.1) is 5.92 Å². The molecule has 0 spiro atoms. The Bertz CT molecular complexity index is 353. The summed E-state index contributed by atoms with van der Waals surface area (Å²) in [7, 11) is 1.64. The molecule has 1 aliphatic heterocycles. The lowest BCUT2D eigenvalue weighted by molar-refractivity contribution is 0.0535. The molecule has 0 saturated carbocycles. The van der Waals surface area contributed by atoms with E-state index in [1.165, 1.54) is 0 Å². The number of hydrazine groups is 1. The first-order valence-electron chi connectivity index (χ1n) is 5.88. The maximum absolute atomic E-state index is 5.67. The molecule has 1 aromatic heterocycles. The summed E-state index contributed by atoms with van der Waals surface area (Å²) in [6, 6.07) is 2.09. The minimum atomic E-state index is 0.112. The molecule has 1 saturated heterocycles. The summed E-state index contributed by atoms with van der Waals surface area (Å²) < 4.78 is 10.5. The van der Waals surface area contributed by atoms with E-state index in [0.29, 0.717) is 5.92 Å². The molecule has 0 radical (unpaired) electrons. The molecule has 17 heavy (non-hydrogen) atoms. The SMILES string of the molecule is COc1cncc(C(NN)C2CCOCC2)c1. The number of pyridine rings is 1. The zero-order chi connectivity index (χ0) is 12.1. The third kappa shape index (κ3) is 2.94. The number of ether oxygens (including phenoxy) is 2. The number of nitrogens with zero attached hydrogens (tertiary/aromatic N) is 1. The number of aromatic nitrogens is 1. The second kappa shape index (κ2) is 5.95. The maximum atomic E-state index is 5.67. The number of methoxy groups -OCH3 is 1. The molecular formula is C12H19N3O2. The van der Waals surface area contributed by atoms with Crippen LogP contribution in [0.4, 0.5) is 0 Å². The number of hydrogen-bond acceptors (Lipinski definition) is 5. The average Bonchev–Trinajstić information content (AvgIpc) is 2.41. The largest absolute Gasteiger partial charge is 0.495 e. The highest BCUT2D eigenvalue weighted by Crippen LogP contribution is 2.30. The van der Waals surface area contributed by atoms with Crippen LogP contribution in [0.15, 0.2) is 18.5 Å². The van der Waals surface area contributed by atoms with Crippen LogP contribution in [0.2, 0.25) is 0 Å². The summed E-state index contributed by atoms with van der Waals surface area (Å²) in [4.78, 5) is 4.17. The van der Waals surface area contributed by atoms with Crippen LogP contribution in [0.5, 0.6) is 5.75 Å². The van der Waals surface area contributed by atoms with Gasteiger partial charge in [-0.2, -0.15) is 0 Å². The monoisotopic (exact) mass is 237 g/mol. The van der Waals surface area contributed by atoms with E-state index in [1.54, 1.807) is 13.3 Å². The summed E-state index contributed by atoms with van der Waals surface area (Å²) in [5, 5.41) is 0. The second-order valence-corrected chi connectivity index (χ2v) is 4.25. The molecule has 1 aromatic rings. The number of nitrogens with one attached hydrogen (secondary N) is 1. The van der Waals surface area contributed by atoms with Gasteiger partial charge in [0, 0.05) is 19.4 Å². The molecule has 0 amide bonds. The lowest BCUT2D eigenvalue weighted by atomic mass is 9.88. The van der Waals surface area contributed by atoms with E-state index < -0.39 is 0 Å². The zero-order valence-electron chi connectivity index (χ0n) is 10.1. The van der Waals surface area contributed by atoms with Crippen molar-refractivity contribution in [1.82, 2.24) is 10.4 Å². The Hall–Kier alpha value is -1.17. The van der Waals surface area contributed by atoms with Crippen molar-refractivity contribution in [3.63, 3.8) is 0 Å². The zero-order valence-corrected chi connectivity index (χ0v) is 10.1. The van der Waals surface area contributed by atoms with Gasteiger partial charge in [0.2, 0.25) is 0 Å². The van der Waals surface area contributed by atoms with Crippen molar-refractivity contribution in [2.45, 2.75) is 18.9 Å². The van der Waals surface area contributed by atoms with Crippen LogP contribution in [-0.4, -0.2) is 25.3 Å². The highest BCUT2D eigenvalue weighted by atomic mass is 16.5. The highest BCUT2D eigenvalue weighted by molar-refractivity contribution is 5.26.